The van der Waals surface area contributed by atoms with Crippen LogP contribution in [0.1, 0.15) is 22.9 Å². The molecule has 5 heteroatoms. The van der Waals surface area contributed by atoms with Crippen LogP contribution >= 0.6 is 11.3 Å². The lowest BCUT2D eigenvalue weighted by Crippen LogP contribution is -2.31. The summed E-state index contributed by atoms with van der Waals surface area (Å²) in [5, 5.41) is 5.17. The smallest absolute Gasteiger partial charge is 0.226 e. The van der Waals surface area contributed by atoms with Crippen LogP contribution in [0.3, 0.4) is 0 Å². The maximum atomic E-state index is 12.6. The standard InChI is InChI=1S/C21H19N3OS/c25-20(14-18-15-24-11-12-26-21(24)22-18)23-19(17-9-5-2-6-10-17)13-16-7-3-1-4-8-16/h1-12,15,19H,13-14H2,(H,23,25). The summed E-state index contributed by atoms with van der Waals surface area (Å²) in [6, 6.07) is 20.3. The van der Waals surface area contributed by atoms with Crippen molar-refractivity contribution in [1.82, 2.24) is 14.7 Å². The van der Waals surface area contributed by atoms with Gasteiger partial charge in [-0.15, -0.1) is 11.3 Å². The topological polar surface area (TPSA) is 46.4 Å². The number of thiazole rings is 1. The number of imidazole rings is 1. The van der Waals surface area contributed by atoms with Gasteiger partial charge in [-0.05, 0) is 17.5 Å². The van der Waals surface area contributed by atoms with Crippen molar-refractivity contribution >= 4 is 22.2 Å². The molecule has 0 spiro atoms. The molecule has 0 fully saturated rings. The van der Waals surface area contributed by atoms with Crippen molar-refractivity contribution in [2.75, 3.05) is 0 Å². The highest BCUT2D eigenvalue weighted by atomic mass is 32.1. The minimum Gasteiger partial charge on any atom is -0.349 e. The highest BCUT2D eigenvalue weighted by Gasteiger charge is 2.16. The molecule has 0 aliphatic carbocycles. The van der Waals surface area contributed by atoms with E-state index in [1.807, 2.05) is 58.6 Å². The summed E-state index contributed by atoms with van der Waals surface area (Å²) in [7, 11) is 0. The zero-order valence-corrected chi connectivity index (χ0v) is 15.0. The number of hydrogen-bond donors (Lipinski definition) is 1. The van der Waals surface area contributed by atoms with E-state index in [0.29, 0.717) is 0 Å². The van der Waals surface area contributed by atoms with Crippen LogP contribution in [0.4, 0.5) is 0 Å². The Morgan fingerprint density at radius 1 is 1.08 bits per heavy atom. The number of fused-ring (bicyclic) bond motifs is 1. The maximum absolute atomic E-state index is 12.6. The largest absolute Gasteiger partial charge is 0.349 e. The van der Waals surface area contributed by atoms with E-state index in [9.17, 15) is 4.79 Å². The summed E-state index contributed by atoms with van der Waals surface area (Å²) in [4.78, 5) is 18.0. The molecule has 26 heavy (non-hydrogen) atoms. The number of amides is 1. The third-order valence-corrected chi connectivity index (χ3v) is 5.08. The van der Waals surface area contributed by atoms with Crippen molar-refractivity contribution < 1.29 is 4.79 Å². The van der Waals surface area contributed by atoms with Crippen LogP contribution in [0, 0.1) is 0 Å². The third kappa shape index (κ3) is 3.83. The van der Waals surface area contributed by atoms with E-state index in [1.165, 1.54) is 5.56 Å². The normalized spacial score (nSPS) is 12.2. The molecule has 0 radical (unpaired) electrons. The number of carbonyl (C=O) groups excluding carboxylic acids is 1. The van der Waals surface area contributed by atoms with Gasteiger partial charge < -0.3 is 5.32 Å². The summed E-state index contributed by atoms with van der Waals surface area (Å²) in [6.07, 6.45) is 4.91. The average Bonchev–Trinajstić information content (AvgIpc) is 3.24. The van der Waals surface area contributed by atoms with Gasteiger partial charge in [-0.1, -0.05) is 60.7 Å². The lowest BCUT2D eigenvalue weighted by atomic mass is 9.98. The second kappa shape index (κ2) is 7.54. The van der Waals surface area contributed by atoms with Crippen LogP contribution in [-0.4, -0.2) is 15.3 Å². The van der Waals surface area contributed by atoms with E-state index in [0.717, 1.165) is 22.6 Å². The highest BCUT2D eigenvalue weighted by Crippen LogP contribution is 2.19. The zero-order chi connectivity index (χ0) is 17.8. The van der Waals surface area contributed by atoms with Gasteiger partial charge in [0.1, 0.15) is 0 Å². The first-order valence-electron chi connectivity index (χ1n) is 8.57. The maximum Gasteiger partial charge on any atom is 0.226 e. The first-order chi connectivity index (χ1) is 12.8. The molecule has 4 rings (SSSR count). The van der Waals surface area contributed by atoms with Gasteiger partial charge in [0, 0.05) is 17.8 Å². The molecule has 0 bridgehead atoms. The first kappa shape index (κ1) is 16.5. The predicted octanol–water partition coefficient (Wildman–Crippen LogP) is 4.04. The minimum atomic E-state index is -0.0603. The highest BCUT2D eigenvalue weighted by molar-refractivity contribution is 7.15. The lowest BCUT2D eigenvalue weighted by Gasteiger charge is -2.19. The Labute approximate surface area is 156 Å². The number of carbonyl (C=O) groups is 1. The Bertz CT molecular complexity index is 963. The lowest BCUT2D eigenvalue weighted by molar-refractivity contribution is -0.121. The Morgan fingerprint density at radius 3 is 2.54 bits per heavy atom. The molecule has 0 saturated carbocycles. The van der Waals surface area contributed by atoms with E-state index in [4.69, 9.17) is 0 Å². The number of rotatable bonds is 6. The number of nitrogens with zero attached hydrogens (tertiary/aromatic N) is 2. The van der Waals surface area contributed by atoms with Crippen LogP contribution < -0.4 is 5.32 Å². The third-order valence-electron chi connectivity index (χ3n) is 4.30. The van der Waals surface area contributed by atoms with E-state index in [1.54, 1.807) is 11.3 Å². The van der Waals surface area contributed by atoms with Crippen molar-refractivity contribution in [1.29, 1.82) is 0 Å². The molecule has 1 atom stereocenters. The minimum absolute atomic E-state index is 0.0134. The number of hydrogen-bond acceptors (Lipinski definition) is 3. The molecule has 4 aromatic rings. The van der Waals surface area contributed by atoms with Gasteiger partial charge >= 0.3 is 0 Å². The van der Waals surface area contributed by atoms with Crippen molar-refractivity contribution in [3.05, 3.63) is 95.3 Å². The second-order valence-corrected chi connectivity index (χ2v) is 7.10. The van der Waals surface area contributed by atoms with Crippen LogP contribution in [0.15, 0.2) is 78.4 Å². The van der Waals surface area contributed by atoms with Gasteiger partial charge in [-0.25, -0.2) is 4.98 Å². The Morgan fingerprint density at radius 2 is 1.81 bits per heavy atom. The molecule has 0 aliphatic heterocycles. The molecule has 2 aromatic heterocycles. The summed E-state index contributed by atoms with van der Waals surface area (Å²) in [5.74, 6) is -0.0134. The molecular formula is C21H19N3OS. The van der Waals surface area contributed by atoms with Crippen LogP contribution in [0.25, 0.3) is 4.96 Å². The number of benzene rings is 2. The monoisotopic (exact) mass is 361 g/mol. The molecule has 1 amide bonds. The van der Waals surface area contributed by atoms with Crippen molar-refractivity contribution in [3.8, 4) is 0 Å². The molecule has 2 aromatic carbocycles. The quantitative estimate of drug-likeness (QED) is 0.563. The van der Waals surface area contributed by atoms with Crippen molar-refractivity contribution in [2.45, 2.75) is 18.9 Å². The summed E-state index contributed by atoms with van der Waals surface area (Å²) in [5.41, 5.74) is 3.10. The van der Waals surface area contributed by atoms with Crippen molar-refractivity contribution in [3.63, 3.8) is 0 Å². The molecule has 2 heterocycles. The molecule has 1 unspecified atom stereocenters. The Hall–Kier alpha value is -2.92. The predicted molar refractivity (Wildman–Crippen MR) is 104 cm³/mol. The Kier molecular flexibility index (Phi) is 4.80. The van der Waals surface area contributed by atoms with Crippen LogP contribution in [0.2, 0.25) is 0 Å². The average molecular weight is 361 g/mol. The molecule has 0 aliphatic rings. The van der Waals surface area contributed by atoms with Gasteiger partial charge in [0.15, 0.2) is 4.96 Å². The van der Waals surface area contributed by atoms with E-state index < -0.39 is 0 Å². The molecule has 0 saturated heterocycles. The van der Waals surface area contributed by atoms with Gasteiger partial charge in [0.2, 0.25) is 5.91 Å². The van der Waals surface area contributed by atoms with Crippen LogP contribution in [0.5, 0.6) is 0 Å². The SMILES string of the molecule is O=C(Cc1cn2ccsc2n1)NC(Cc1ccccc1)c1ccccc1. The zero-order valence-electron chi connectivity index (χ0n) is 14.2. The molecule has 130 valence electrons. The molecule has 4 nitrogen and oxygen atoms in total. The summed E-state index contributed by atoms with van der Waals surface area (Å²) >= 11 is 1.57. The molecule has 1 N–H and O–H groups in total. The fourth-order valence-electron chi connectivity index (χ4n) is 3.06. The van der Waals surface area contributed by atoms with Crippen LogP contribution in [-0.2, 0) is 17.6 Å². The fourth-order valence-corrected chi connectivity index (χ4v) is 3.78. The van der Waals surface area contributed by atoms with Gasteiger partial charge in [-0.2, -0.15) is 0 Å². The van der Waals surface area contributed by atoms with E-state index >= 15 is 0 Å². The van der Waals surface area contributed by atoms with Gasteiger partial charge in [-0.3, -0.25) is 9.20 Å². The number of nitrogens with one attached hydrogen (secondary N) is 1. The van der Waals surface area contributed by atoms with Crippen molar-refractivity contribution in [2.24, 2.45) is 0 Å². The first-order valence-corrected chi connectivity index (χ1v) is 9.45. The summed E-state index contributed by atoms with van der Waals surface area (Å²) < 4.78 is 1.95. The summed E-state index contributed by atoms with van der Waals surface area (Å²) in [6.45, 7) is 0. The van der Waals surface area contributed by atoms with Gasteiger partial charge in [0.05, 0.1) is 18.2 Å². The van der Waals surface area contributed by atoms with E-state index in [-0.39, 0.29) is 18.4 Å². The van der Waals surface area contributed by atoms with Gasteiger partial charge in [0.25, 0.3) is 0 Å². The van der Waals surface area contributed by atoms with E-state index in [2.05, 4.69) is 34.6 Å². The Balaban J connectivity index is 1.50. The molecular weight excluding hydrogens is 342 g/mol. The second-order valence-electron chi connectivity index (χ2n) is 6.22. The fraction of sp³-hybridized carbons (Fsp3) is 0.143. The number of aromatic nitrogens is 2.